The normalized spacial score (nSPS) is 18.9. The largest absolute Gasteiger partial charge is 0.372 e. The Kier molecular flexibility index (Phi) is 5.75. The molecule has 1 N–H and O–H groups in total. The molecule has 25 heavy (non-hydrogen) atoms. The summed E-state index contributed by atoms with van der Waals surface area (Å²) in [5, 5.41) is 12.4. The summed E-state index contributed by atoms with van der Waals surface area (Å²) in [6.45, 7) is 4.27. The number of anilines is 1. The SMILES string of the molecule is Cc1cc(N2CCCC2)ccc1/C=C(/C#N)C(=O)NC1CCCCC1. The van der Waals surface area contributed by atoms with Gasteiger partial charge in [-0.2, -0.15) is 5.26 Å². The van der Waals surface area contributed by atoms with E-state index < -0.39 is 0 Å². The molecule has 3 rings (SSSR count). The summed E-state index contributed by atoms with van der Waals surface area (Å²) in [6, 6.07) is 8.57. The first kappa shape index (κ1) is 17.5. The molecular weight excluding hydrogens is 310 g/mol. The number of nitrogens with zero attached hydrogens (tertiary/aromatic N) is 2. The van der Waals surface area contributed by atoms with Gasteiger partial charge < -0.3 is 10.2 Å². The lowest BCUT2D eigenvalue weighted by molar-refractivity contribution is -0.117. The summed E-state index contributed by atoms with van der Waals surface area (Å²) in [6.07, 6.45) is 9.83. The van der Waals surface area contributed by atoms with Crippen molar-refractivity contribution in [3.8, 4) is 6.07 Å². The second kappa shape index (κ2) is 8.20. The first-order chi connectivity index (χ1) is 12.2. The van der Waals surface area contributed by atoms with Gasteiger partial charge in [0, 0.05) is 24.8 Å². The van der Waals surface area contributed by atoms with Crippen LogP contribution in [0.5, 0.6) is 0 Å². The number of benzene rings is 1. The molecule has 1 amide bonds. The van der Waals surface area contributed by atoms with Crippen molar-refractivity contribution in [1.82, 2.24) is 5.32 Å². The Labute approximate surface area is 150 Å². The van der Waals surface area contributed by atoms with E-state index in [0.717, 1.165) is 49.9 Å². The average Bonchev–Trinajstić information content (AvgIpc) is 3.16. The Morgan fingerprint density at radius 3 is 2.56 bits per heavy atom. The third-order valence-electron chi connectivity index (χ3n) is 5.33. The van der Waals surface area contributed by atoms with E-state index in [1.54, 1.807) is 6.08 Å². The molecule has 1 aliphatic heterocycles. The van der Waals surface area contributed by atoms with Crippen LogP contribution in [0.1, 0.15) is 56.1 Å². The molecule has 1 aromatic carbocycles. The smallest absolute Gasteiger partial charge is 0.262 e. The lowest BCUT2D eigenvalue weighted by Gasteiger charge is -2.22. The summed E-state index contributed by atoms with van der Waals surface area (Å²) < 4.78 is 0. The molecule has 4 nitrogen and oxygen atoms in total. The standard InChI is InChI=1S/C21H27N3O/c1-16-13-20(24-11-5-6-12-24)10-9-17(16)14-18(15-22)21(25)23-19-7-3-2-4-8-19/h9-10,13-14,19H,2-8,11-12H2,1H3,(H,23,25)/b18-14-. The van der Waals surface area contributed by atoms with Crippen LogP contribution in [0.2, 0.25) is 0 Å². The monoisotopic (exact) mass is 337 g/mol. The van der Waals surface area contributed by atoms with Gasteiger partial charge >= 0.3 is 0 Å². The quantitative estimate of drug-likeness (QED) is 0.668. The van der Waals surface area contributed by atoms with Crippen molar-refractivity contribution in [2.45, 2.75) is 57.9 Å². The number of aryl methyl sites for hydroxylation is 1. The fourth-order valence-electron chi connectivity index (χ4n) is 3.81. The predicted molar refractivity (Wildman–Crippen MR) is 101 cm³/mol. The van der Waals surface area contributed by atoms with Crippen LogP contribution < -0.4 is 10.2 Å². The molecule has 0 atom stereocenters. The van der Waals surface area contributed by atoms with Crippen molar-refractivity contribution in [3.05, 3.63) is 34.9 Å². The highest BCUT2D eigenvalue weighted by atomic mass is 16.1. The average molecular weight is 337 g/mol. The van der Waals surface area contributed by atoms with E-state index in [2.05, 4.69) is 28.4 Å². The second-order valence-corrected chi connectivity index (χ2v) is 7.21. The van der Waals surface area contributed by atoms with Crippen molar-refractivity contribution in [2.75, 3.05) is 18.0 Å². The first-order valence-electron chi connectivity index (χ1n) is 9.45. The number of rotatable bonds is 4. The third-order valence-corrected chi connectivity index (χ3v) is 5.33. The predicted octanol–water partition coefficient (Wildman–Crippen LogP) is 3.95. The van der Waals surface area contributed by atoms with Gasteiger partial charge in [0.2, 0.25) is 0 Å². The van der Waals surface area contributed by atoms with Crippen molar-refractivity contribution >= 4 is 17.7 Å². The number of carbonyl (C=O) groups excluding carboxylic acids is 1. The molecule has 2 fully saturated rings. The molecule has 4 heteroatoms. The van der Waals surface area contributed by atoms with Gasteiger partial charge in [-0.15, -0.1) is 0 Å². The first-order valence-corrected chi connectivity index (χ1v) is 9.45. The van der Waals surface area contributed by atoms with Crippen molar-refractivity contribution < 1.29 is 4.79 Å². The van der Waals surface area contributed by atoms with Gasteiger partial charge in [0.25, 0.3) is 5.91 Å². The molecule has 1 aromatic rings. The molecule has 1 saturated carbocycles. The van der Waals surface area contributed by atoms with Gasteiger partial charge in [-0.05, 0) is 61.9 Å². The number of carbonyl (C=O) groups is 1. The summed E-state index contributed by atoms with van der Waals surface area (Å²) in [7, 11) is 0. The van der Waals surface area contributed by atoms with Crippen molar-refractivity contribution in [2.24, 2.45) is 0 Å². The van der Waals surface area contributed by atoms with Crippen LogP contribution in [0.4, 0.5) is 5.69 Å². The number of hydrogen-bond acceptors (Lipinski definition) is 3. The van der Waals surface area contributed by atoms with E-state index in [-0.39, 0.29) is 17.5 Å². The molecule has 2 aliphatic rings. The Balaban J connectivity index is 1.72. The number of nitrogens with one attached hydrogen (secondary N) is 1. The number of hydrogen-bond donors (Lipinski definition) is 1. The van der Waals surface area contributed by atoms with E-state index in [1.165, 1.54) is 24.9 Å². The zero-order valence-electron chi connectivity index (χ0n) is 15.1. The Morgan fingerprint density at radius 1 is 1.20 bits per heavy atom. The van der Waals surface area contributed by atoms with Crippen molar-refractivity contribution in [1.29, 1.82) is 5.26 Å². The van der Waals surface area contributed by atoms with Crippen LogP contribution in [0.15, 0.2) is 23.8 Å². The maximum absolute atomic E-state index is 12.4. The molecule has 1 heterocycles. The van der Waals surface area contributed by atoms with Gasteiger partial charge in [0.05, 0.1) is 0 Å². The van der Waals surface area contributed by atoms with Crippen LogP contribution >= 0.6 is 0 Å². The highest BCUT2D eigenvalue weighted by molar-refractivity contribution is 6.02. The summed E-state index contributed by atoms with van der Waals surface area (Å²) in [4.78, 5) is 14.8. The van der Waals surface area contributed by atoms with Crippen molar-refractivity contribution in [3.63, 3.8) is 0 Å². The lowest BCUT2D eigenvalue weighted by atomic mass is 9.95. The Hall–Kier alpha value is -2.28. The summed E-state index contributed by atoms with van der Waals surface area (Å²) >= 11 is 0. The number of amides is 1. The van der Waals surface area contributed by atoms with Gasteiger partial charge in [-0.1, -0.05) is 25.3 Å². The molecule has 1 saturated heterocycles. The highest BCUT2D eigenvalue weighted by Crippen LogP contribution is 2.24. The Bertz CT molecular complexity index is 690. The lowest BCUT2D eigenvalue weighted by Crippen LogP contribution is -2.36. The topological polar surface area (TPSA) is 56.1 Å². The summed E-state index contributed by atoms with van der Waals surface area (Å²) in [5.74, 6) is -0.239. The zero-order valence-corrected chi connectivity index (χ0v) is 15.1. The minimum atomic E-state index is -0.239. The zero-order chi connectivity index (χ0) is 17.6. The third kappa shape index (κ3) is 4.42. The van der Waals surface area contributed by atoms with Gasteiger partial charge in [0.15, 0.2) is 0 Å². The molecule has 0 aromatic heterocycles. The van der Waals surface area contributed by atoms with Crippen LogP contribution in [-0.4, -0.2) is 25.0 Å². The van der Waals surface area contributed by atoms with Gasteiger partial charge in [-0.25, -0.2) is 0 Å². The van der Waals surface area contributed by atoms with E-state index in [4.69, 9.17) is 0 Å². The van der Waals surface area contributed by atoms with Crippen LogP contribution in [0.3, 0.4) is 0 Å². The van der Waals surface area contributed by atoms with E-state index in [1.807, 2.05) is 13.0 Å². The minimum absolute atomic E-state index is 0.197. The van der Waals surface area contributed by atoms with E-state index in [9.17, 15) is 10.1 Å². The maximum atomic E-state index is 12.4. The summed E-state index contributed by atoms with van der Waals surface area (Å²) in [5.41, 5.74) is 3.47. The Morgan fingerprint density at radius 2 is 1.92 bits per heavy atom. The molecule has 1 aliphatic carbocycles. The van der Waals surface area contributed by atoms with Crippen LogP contribution in [-0.2, 0) is 4.79 Å². The molecule has 132 valence electrons. The van der Waals surface area contributed by atoms with Crippen LogP contribution in [0.25, 0.3) is 6.08 Å². The second-order valence-electron chi connectivity index (χ2n) is 7.21. The van der Waals surface area contributed by atoms with E-state index in [0.29, 0.717) is 0 Å². The molecule has 0 spiro atoms. The fraction of sp³-hybridized carbons (Fsp3) is 0.524. The highest BCUT2D eigenvalue weighted by Gasteiger charge is 2.18. The molecular formula is C21H27N3O. The van der Waals surface area contributed by atoms with Gasteiger partial charge in [-0.3, -0.25) is 4.79 Å². The minimum Gasteiger partial charge on any atom is -0.372 e. The van der Waals surface area contributed by atoms with Crippen LogP contribution in [0, 0.1) is 18.3 Å². The van der Waals surface area contributed by atoms with E-state index >= 15 is 0 Å². The van der Waals surface area contributed by atoms with Gasteiger partial charge in [0.1, 0.15) is 11.6 Å². The maximum Gasteiger partial charge on any atom is 0.262 e. The fourth-order valence-corrected chi connectivity index (χ4v) is 3.81. The number of nitriles is 1. The molecule has 0 unspecified atom stereocenters. The molecule has 0 radical (unpaired) electrons. The molecule has 0 bridgehead atoms.